The molecule has 0 radical (unpaired) electrons. The molecule has 0 aliphatic carbocycles. The van der Waals surface area contributed by atoms with Crippen LogP contribution in [0.25, 0.3) is 0 Å². The molecule has 0 saturated carbocycles. The minimum absolute atomic E-state index is 0.320. The molecular formula is C16H15ClN2O3. The highest BCUT2D eigenvalue weighted by Crippen LogP contribution is 2.12. The van der Waals surface area contributed by atoms with Crippen LogP contribution >= 0.6 is 11.6 Å². The molecule has 6 heteroatoms. The van der Waals surface area contributed by atoms with E-state index in [2.05, 4.69) is 10.3 Å². The Balaban J connectivity index is 2.11. The third kappa shape index (κ3) is 4.30. The molecule has 5 nitrogen and oxygen atoms in total. The van der Waals surface area contributed by atoms with Crippen molar-refractivity contribution in [2.24, 2.45) is 0 Å². The number of hydrogen-bond donors (Lipinski definition) is 1. The van der Waals surface area contributed by atoms with E-state index in [4.69, 9.17) is 16.3 Å². The normalized spacial score (nSPS) is 11.5. The van der Waals surface area contributed by atoms with Crippen LogP contribution in [0.1, 0.15) is 15.9 Å². The van der Waals surface area contributed by atoms with Crippen molar-refractivity contribution in [2.45, 2.75) is 12.5 Å². The van der Waals surface area contributed by atoms with Crippen molar-refractivity contribution >= 4 is 23.5 Å². The van der Waals surface area contributed by atoms with E-state index in [0.717, 1.165) is 5.56 Å². The Morgan fingerprint density at radius 2 is 1.82 bits per heavy atom. The van der Waals surface area contributed by atoms with E-state index in [1.165, 1.54) is 19.5 Å². The zero-order valence-corrected chi connectivity index (χ0v) is 12.7. The van der Waals surface area contributed by atoms with Crippen LogP contribution in [0.3, 0.4) is 0 Å². The Labute approximate surface area is 133 Å². The average Bonchev–Trinajstić information content (AvgIpc) is 2.56. The summed E-state index contributed by atoms with van der Waals surface area (Å²) >= 11 is 5.84. The Bertz CT molecular complexity index is 644. The lowest BCUT2D eigenvalue weighted by Gasteiger charge is -2.16. The number of methoxy groups -OCH3 is 1. The van der Waals surface area contributed by atoms with Gasteiger partial charge in [-0.3, -0.25) is 9.78 Å². The van der Waals surface area contributed by atoms with Gasteiger partial charge in [-0.15, -0.1) is 0 Å². The van der Waals surface area contributed by atoms with Crippen LogP contribution in [0.5, 0.6) is 0 Å². The standard InChI is InChI=1S/C16H15ClN2O3/c1-22-16(21)14(10-11-2-4-13(17)5-3-11)19-15(20)12-6-8-18-9-7-12/h2-9,14H,10H2,1H3,(H,19,20)/t14-/m1/s1. The second-order valence-electron chi connectivity index (χ2n) is 4.62. The number of ether oxygens (including phenoxy) is 1. The number of benzene rings is 1. The highest BCUT2D eigenvalue weighted by atomic mass is 35.5. The fraction of sp³-hybridized carbons (Fsp3) is 0.188. The molecule has 0 fully saturated rings. The highest BCUT2D eigenvalue weighted by Gasteiger charge is 2.22. The number of hydrogen-bond acceptors (Lipinski definition) is 4. The number of rotatable bonds is 5. The van der Waals surface area contributed by atoms with Gasteiger partial charge in [0.25, 0.3) is 5.91 Å². The maximum absolute atomic E-state index is 12.2. The van der Waals surface area contributed by atoms with Crippen LogP contribution in [-0.4, -0.2) is 30.0 Å². The van der Waals surface area contributed by atoms with Crippen LogP contribution in [0.2, 0.25) is 5.02 Å². The van der Waals surface area contributed by atoms with E-state index >= 15 is 0 Å². The summed E-state index contributed by atoms with van der Waals surface area (Å²) in [7, 11) is 1.29. The fourth-order valence-electron chi connectivity index (χ4n) is 1.94. The van der Waals surface area contributed by atoms with Gasteiger partial charge < -0.3 is 10.1 Å². The topological polar surface area (TPSA) is 68.3 Å². The summed E-state index contributed by atoms with van der Waals surface area (Å²) in [5, 5.41) is 3.28. The van der Waals surface area contributed by atoms with Crippen LogP contribution in [0, 0.1) is 0 Å². The van der Waals surface area contributed by atoms with Crippen molar-refractivity contribution in [3.05, 3.63) is 64.9 Å². The van der Waals surface area contributed by atoms with Crippen molar-refractivity contribution in [1.29, 1.82) is 0 Å². The molecule has 2 aromatic rings. The Morgan fingerprint density at radius 3 is 2.41 bits per heavy atom. The molecule has 0 bridgehead atoms. The second-order valence-corrected chi connectivity index (χ2v) is 5.05. The lowest BCUT2D eigenvalue weighted by molar-refractivity contribution is -0.142. The van der Waals surface area contributed by atoms with Gasteiger partial charge in [-0.25, -0.2) is 4.79 Å². The molecule has 0 saturated heterocycles. The lowest BCUT2D eigenvalue weighted by atomic mass is 10.1. The molecule has 0 aliphatic rings. The second kappa shape index (κ2) is 7.56. The first-order chi connectivity index (χ1) is 10.6. The minimum Gasteiger partial charge on any atom is -0.467 e. The van der Waals surface area contributed by atoms with Gasteiger partial charge in [0.15, 0.2) is 0 Å². The maximum atomic E-state index is 12.2. The van der Waals surface area contributed by atoms with E-state index in [1.54, 1.807) is 36.4 Å². The summed E-state index contributed by atoms with van der Waals surface area (Å²) in [6.07, 6.45) is 3.35. The molecule has 0 unspecified atom stereocenters. The first-order valence-corrected chi connectivity index (χ1v) is 7.01. The van der Waals surface area contributed by atoms with E-state index in [-0.39, 0.29) is 5.91 Å². The van der Waals surface area contributed by atoms with E-state index in [9.17, 15) is 9.59 Å². The van der Waals surface area contributed by atoms with Gasteiger partial charge in [-0.1, -0.05) is 23.7 Å². The lowest BCUT2D eigenvalue weighted by Crippen LogP contribution is -2.43. The zero-order valence-electron chi connectivity index (χ0n) is 12.0. The molecule has 1 heterocycles. The first kappa shape index (κ1) is 16.0. The minimum atomic E-state index is -0.771. The quantitative estimate of drug-likeness (QED) is 0.859. The van der Waals surface area contributed by atoms with Crippen molar-refractivity contribution in [1.82, 2.24) is 10.3 Å². The molecular weight excluding hydrogens is 304 g/mol. The van der Waals surface area contributed by atoms with Crippen LogP contribution < -0.4 is 5.32 Å². The van der Waals surface area contributed by atoms with Gasteiger partial charge in [0.05, 0.1) is 7.11 Å². The van der Waals surface area contributed by atoms with Gasteiger partial charge in [0.2, 0.25) is 0 Å². The summed E-state index contributed by atoms with van der Waals surface area (Å²) in [5.41, 5.74) is 1.30. The van der Waals surface area contributed by atoms with Crippen LogP contribution in [-0.2, 0) is 16.0 Å². The SMILES string of the molecule is COC(=O)[C@@H](Cc1ccc(Cl)cc1)NC(=O)c1ccncc1. The third-order valence-corrected chi connectivity index (χ3v) is 3.34. The number of esters is 1. The molecule has 114 valence electrons. The molecule has 2 rings (SSSR count). The first-order valence-electron chi connectivity index (χ1n) is 6.63. The van der Waals surface area contributed by atoms with Crippen molar-refractivity contribution in [3.8, 4) is 0 Å². The maximum Gasteiger partial charge on any atom is 0.328 e. The van der Waals surface area contributed by atoms with Crippen molar-refractivity contribution in [2.75, 3.05) is 7.11 Å². The number of nitrogens with one attached hydrogen (secondary N) is 1. The number of amides is 1. The van der Waals surface area contributed by atoms with Gasteiger partial charge in [0, 0.05) is 29.4 Å². The zero-order chi connectivity index (χ0) is 15.9. The summed E-state index contributed by atoms with van der Waals surface area (Å²) in [4.78, 5) is 27.9. The number of carbonyl (C=O) groups is 2. The fourth-order valence-corrected chi connectivity index (χ4v) is 2.06. The summed E-state index contributed by atoms with van der Waals surface area (Å²) in [6.45, 7) is 0. The third-order valence-electron chi connectivity index (χ3n) is 3.09. The van der Waals surface area contributed by atoms with Crippen LogP contribution in [0.15, 0.2) is 48.8 Å². The molecule has 1 amide bonds. The number of nitrogens with zero attached hydrogens (tertiary/aromatic N) is 1. The smallest absolute Gasteiger partial charge is 0.328 e. The van der Waals surface area contributed by atoms with E-state index < -0.39 is 12.0 Å². The van der Waals surface area contributed by atoms with Gasteiger partial charge in [-0.05, 0) is 29.8 Å². The summed E-state index contributed by atoms with van der Waals surface area (Å²) < 4.78 is 4.75. The Hall–Kier alpha value is -2.40. The average molecular weight is 319 g/mol. The van der Waals surface area contributed by atoms with Crippen molar-refractivity contribution < 1.29 is 14.3 Å². The van der Waals surface area contributed by atoms with E-state index in [1.807, 2.05) is 0 Å². The summed E-state index contributed by atoms with van der Waals surface area (Å²) in [5.74, 6) is -0.857. The highest BCUT2D eigenvalue weighted by molar-refractivity contribution is 6.30. The van der Waals surface area contributed by atoms with E-state index in [0.29, 0.717) is 17.0 Å². The molecule has 0 spiro atoms. The molecule has 1 aromatic heterocycles. The Kier molecular flexibility index (Phi) is 5.49. The molecule has 1 atom stereocenters. The van der Waals surface area contributed by atoms with Gasteiger partial charge in [-0.2, -0.15) is 0 Å². The molecule has 1 N–H and O–H groups in total. The number of carbonyl (C=O) groups excluding carboxylic acids is 2. The number of pyridine rings is 1. The predicted octanol–water partition coefficient (Wildman–Crippen LogP) is 2.25. The number of halogens is 1. The molecule has 22 heavy (non-hydrogen) atoms. The van der Waals surface area contributed by atoms with Crippen LogP contribution in [0.4, 0.5) is 0 Å². The monoisotopic (exact) mass is 318 g/mol. The summed E-state index contributed by atoms with van der Waals surface area (Å²) in [6, 6.07) is 9.45. The molecule has 1 aromatic carbocycles. The predicted molar refractivity (Wildman–Crippen MR) is 82.7 cm³/mol. The number of aromatic nitrogens is 1. The van der Waals surface area contributed by atoms with Gasteiger partial charge in [0.1, 0.15) is 6.04 Å². The largest absolute Gasteiger partial charge is 0.467 e. The Morgan fingerprint density at radius 1 is 1.18 bits per heavy atom. The van der Waals surface area contributed by atoms with Gasteiger partial charge >= 0.3 is 5.97 Å². The molecule has 0 aliphatic heterocycles. The van der Waals surface area contributed by atoms with Crippen molar-refractivity contribution in [3.63, 3.8) is 0 Å².